The summed E-state index contributed by atoms with van der Waals surface area (Å²) in [6.07, 6.45) is 2.81. The van der Waals surface area contributed by atoms with E-state index in [1.54, 1.807) is 30.3 Å². The summed E-state index contributed by atoms with van der Waals surface area (Å²) >= 11 is 0. The highest BCUT2D eigenvalue weighted by molar-refractivity contribution is 6.15. The average Bonchev–Trinajstić information content (AvgIpc) is 2.95. The van der Waals surface area contributed by atoms with Crippen molar-refractivity contribution in [3.05, 3.63) is 64.7 Å². The lowest BCUT2D eigenvalue weighted by Gasteiger charge is -2.35. The summed E-state index contributed by atoms with van der Waals surface area (Å²) < 4.78 is 19.0. The lowest BCUT2D eigenvalue weighted by Crippen LogP contribution is -2.38. The van der Waals surface area contributed by atoms with Gasteiger partial charge < -0.3 is 9.84 Å². The molecule has 5 heteroatoms. The summed E-state index contributed by atoms with van der Waals surface area (Å²) in [5.74, 6) is 1.40. The minimum absolute atomic E-state index is 0.139. The SMILES string of the molecule is CC1CC(C)CN(Cc2c(O)ccc3c2O/C(=C/c2ccc(F)cc2)C3=O)C1. The topological polar surface area (TPSA) is 49.8 Å². The molecule has 0 amide bonds. The van der Waals surface area contributed by atoms with Crippen LogP contribution < -0.4 is 4.74 Å². The van der Waals surface area contributed by atoms with Gasteiger partial charge in [-0.1, -0.05) is 26.0 Å². The Kier molecular flexibility index (Phi) is 4.94. The molecule has 2 atom stereocenters. The predicted octanol–water partition coefficient (Wildman–Crippen LogP) is 4.63. The van der Waals surface area contributed by atoms with Gasteiger partial charge >= 0.3 is 0 Å². The van der Waals surface area contributed by atoms with Crippen LogP contribution in [0.3, 0.4) is 0 Å². The highest BCUT2D eigenvalue weighted by Gasteiger charge is 2.32. The number of hydrogen-bond donors (Lipinski definition) is 1. The van der Waals surface area contributed by atoms with Gasteiger partial charge in [-0.15, -0.1) is 0 Å². The zero-order valence-corrected chi connectivity index (χ0v) is 16.1. The number of aromatic hydroxyl groups is 1. The van der Waals surface area contributed by atoms with Crippen molar-refractivity contribution in [3.8, 4) is 11.5 Å². The van der Waals surface area contributed by atoms with Crippen LogP contribution in [-0.2, 0) is 6.54 Å². The van der Waals surface area contributed by atoms with Crippen LogP contribution >= 0.6 is 0 Å². The van der Waals surface area contributed by atoms with Crippen molar-refractivity contribution in [2.45, 2.75) is 26.8 Å². The number of Topliss-reactive ketones (excluding diaryl/α,β-unsaturated/α-hetero) is 1. The van der Waals surface area contributed by atoms with E-state index in [4.69, 9.17) is 4.74 Å². The third-order valence-corrected chi connectivity index (χ3v) is 5.41. The van der Waals surface area contributed by atoms with E-state index in [2.05, 4.69) is 18.7 Å². The van der Waals surface area contributed by atoms with Crippen molar-refractivity contribution >= 4 is 11.9 Å². The fourth-order valence-corrected chi connectivity index (χ4v) is 4.30. The second kappa shape index (κ2) is 7.40. The summed E-state index contributed by atoms with van der Waals surface area (Å²) in [5, 5.41) is 10.5. The van der Waals surface area contributed by atoms with E-state index >= 15 is 0 Å². The van der Waals surface area contributed by atoms with Crippen molar-refractivity contribution in [1.29, 1.82) is 0 Å². The molecule has 1 saturated heterocycles. The first kappa shape index (κ1) is 18.7. The summed E-state index contributed by atoms with van der Waals surface area (Å²) in [5.41, 5.74) is 1.79. The molecule has 0 bridgehead atoms. The third-order valence-electron chi connectivity index (χ3n) is 5.41. The molecule has 2 aliphatic rings. The number of benzene rings is 2. The maximum absolute atomic E-state index is 13.1. The Morgan fingerprint density at radius 2 is 1.82 bits per heavy atom. The lowest BCUT2D eigenvalue weighted by atomic mass is 9.91. The minimum atomic E-state index is -0.332. The molecule has 0 saturated carbocycles. The van der Waals surface area contributed by atoms with Crippen molar-refractivity contribution in [1.82, 2.24) is 4.90 Å². The van der Waals surface area contributed by atoms with Gasteiger partial charge in [0.15, 0.2) is 5.76 Å². The minimum Gasteiger partial charge on any atom is -0.507 e. The number of carbonyl (C=O) groups is 1. The number of ketones is 1. The van der Waals surface area contributed by atoms with E-state index in [1.807, 2.05) is 0 Å². The number of hydrogen-bond acceptors (Lipinski definition) is 4. The van der Waals surface area contributed by atoms with E-state index < -0.39 is 0 Å². The van der Waals surface area contributed by atoms with Crippen molar-refractivity contribution in [3.63, 3.8) is 0 Å². The molecule has 4 rings (SSSR count). The highest BCUT2D eigenvalue weighted by Crippen LogP contribution is 2.40. The Morgan fingerprint density at radius 3 is 2.50 bits per heavy atom. The van der Waals surface area contributed by atoms with Gasteiger partial charge in [-0.2, -0.15) is 0 Å². The summed E-state index contributed by atoms with van der Waals surface area (Å²) in [6, 6.07) is 9.04. The zero-order chi connectivity index (χ0) is 19.8. The zero-order valence-electron chi connectivity index (χ0n) is 16.1. The number of phenolic OH excluding ortho intramolecular Hbond substituents is 1. The molecule has 1 fully saturated rings. The van der Waals surface area contributed by atoms with Crippen LogP contribution in [0.2, 0.25) is 0 Å². The smallest absolute Gasteiger partial charge is 0.231 e. The highest BCUT2D eigenvalue weighted by atomic mass is 19.1. The molecule has 2 heterocycles. The number of piperidine rings is 1. The molecule has 0 radical (unpaired) electrons. The molecule has 2 aromatic carbocycles. The number of halogens is 1. The quantitative estimate of drug-likeness (QED) is 0.788. The molecule has 0 aliphatic carbocycles. The van der Waals surface area contributed by atoms with E-state index in [0.717, 1.165) is 13.1 Å². The molecule has 2 aromatic rings. The lowest BCUT2D eigenvalue weighted by molar-refractivity contribution is 0.101. The second-order valence-corrected chi connectivity index (χ2v) is 8.07. The summed E-state index contributed by atoms with van der Waals surface area (Å²) in [7, 11) is 0. The Bertz CT molecular complexity index is 926. The van der Waals surface area contributed by atoms with Gasteiger partial charge in [-0.3, -0.25) is 9.69 Å². The number of carbonyl (C=O) groups excluding carboxylic acids is 1. The van der Waals surface area contributed by atoms with E-state index in [9.17, 15) is 14.3 Å². The molecule has 0 spiro atoms. The molecule has 2 unspecified atom stereocenters. The summed E-state index contributed by atoms with van der Waals surface area (Å²) in [4.78, 5) is 15.1. The Morgan fingerprint density at radius 1 is 1.14 bits per heavy atom. The monoisotopic (exact) mass is 381 g/mol. The second-order valence-electron chi connectivity index (χ2n) is 8.07. The van der Waals surface area contributed by atoms with Crippen LogP contribution in [0.5, 0.6) is 11.5 Å². The fourth-order valence-electron chi connectivity index (χ4n) is 4.30. The van der Waals surface area contributed by atoms with Gasteiger partial charge in [-0.25, -0.2) is 4.39 Å². The number of fused-ring (bicyclic) bond motifs is 1. The first-order valence-corrected chi connectivity index (χ1v) is 9.67. The van der Waals surface area contributed by atoms with Gasteiger partial charge in [-0.05, 0) is 54.2 Å². The number of likely N-dealkylation sites (tertiary alicyclic amines) is 1. The van der Waals surface area contributed by atoms with Crippen molar-refractivity contribution < 1.29 is 19.0 Å². The number of rotatable bonds is 3. The molecule has 146 valence electrons. The normalized spacial score (nSPS) is 23.7. The Labute approximate surface area is 164 Å². The molecule has 0 aromatic heterocycles. The Balaban J connectivity index is 1.63. The maximum Gasteiger partial charge on any atom is 0.231 e. The summed E-state index contributed by atoms with van der Waals surface area (Å²) in [6.45, 7) is 6.93. The maximum atomic E-state index is 13.1. The predicted molar refractivity (Wildman–Crippen MR) is 106 cm³/mol. The van der Waals surface area contributed by atoms with Crippen molar-refractivity contribution in [2.24, 2.45) is 11.8 Å². The van der Waals surface area contributed by atoms with Crippen LogP contribution in [0, 0.1) is 17.7 Å². The van der Waals surface area contributed by atoms with Crippen molar-refractivity contribution in [2.75, 3.05) is 13.1 Å². The average molecular weight is 381 g/mol. The van der Waals surface area contributed by atoms with Gasteiger partial charge in [0.25, 0.3) is 0 Å². The van der Waals surface area contributed by atoms with Gasteiger partial charge in [0.2, 0.25) is 5.78 Å². The van der Waals surface area contributed by atoms with Gasteiger partial charge in [0.1, 0.15) is 17.3 Å². The number of phenols is 1. The molecule has 4 nitrogen and oxygen atoms in total. The fraction of sp³-hybridized carbons (Fsp3) is 0.348. The van der Waals surface area contributed by atoms with Crippen LogP contribution in [-0.4, -0.2) is 28.9 Å². The molecule has 2 aliphatic heterocycles. The van der Waals surface area contributed by atoms with Crippen LogP contribution in [0.1, 0.15) is 41.8 Å². The number of nitrogens with zero attached hydrogens (tertiary/aromatic N) is 1. The third kappa shape index (κ3) is 3.67. The molecule has 1 N–H and O–H groups in total. The van der Waals surface area contributed by atoms with Gasteiger partial charge in [0, 0.05) is 19.6 Å². The van der Waals surface area contributed by atoms with E-state index in [-0.39, 0.29) is 23.1 Å². The first-order valence-electron chi connectivity index (χ1n) is 9.67. The molecule has 28 heavy (non-hydrogen) atoms. The van der Waals surface area contributed by atoms with Gasteiger partial charge in [0.05, 0.1) is 11.1 Å². The first-order chi connectivity index (χ1) is 13.4. The Hall–Kier alpha value is -2.66. The number of allylic oxidation sites excluding steroid dienone is 1. The largest absolute Gasteiger partial charge is 0.507 e. The molecular formula is C23H24FNO3. The number of ether oxygens (including phenoxy) is 1. The van der Waals surface area contributed by atoms with E-state index in [0.29, 0.717) is 40.8 Å². The van der Waals surface area contributed by atoms with Crippen LogP contribution in [0.25, 0.3) is 6.08 Å². The standard InChI is InChI=1S/C23H24FNO3/c1-14-9-15(2)12-25(11-14)13-19-20(26)8-7-18-22(27)21(28-23(18)19)10-16-3-5-17(24)6-4-16/h3-8,10,14-15,26H,9,11-13H2,1-2H3/b21-10+. The molecular weight excluding hydrogens is 357 g/mol. The van der Waals surface area contributed by atoms with Crippen LogP contribution in [0.4, 0.5) is 4.39 Å². The van der Waals surface area contributed by atoms with Crippen LogP contribution in [0.15, 0.2) is 42.2 Å². The van der Waals surface area contributed by atoms with E-state index in [1.165, 1.54) is 18.6 Å².